The minimum Gasteiger partial charge on any atom is -0.497 e. The van der Waals surface area contributed by atoms with Gasteiger partial charge in [0.1, 0.15) is 11.6 Å². The highest BCUT2D eigenvalue weighted by molar-refractivity contribution is 7.99. The molecule has 7 nitrogen and oxygen atoms in total. The van der Waals surface area contributed by atoms with E-state index in [1.165, 1.54) is 12.3 Å². The smallest absolute Gasteiger partial charge is 0.259 e. The molecule has 174 valence electrons. The van der Waals surface area contributed by atoms with Crippen molar-refractivity contribution in [2.24, 2.45) is 5.73 Å². The van der Waals surface area contributed by atoms with E-state index in [9.17, 15) is 9.59 Å². The van der Waals surface area contributed by atoms with E-state index < -0.39 is 5.91 Å². The summed E-state index contributed by atoms with van der Waals surface area (Å²) in [5, 5.41) is 6.52. The van der Waals surface area contributed by atoms with Crippen LogP contribution in [0.4, 0.5) is 11.5 Å². The number of benzene rings is 1. The quantitative estimate of drug-likeness (QED) is 0.418. The van der Waals surface area contributed by atoms with E-state index in [0.29, 0.717) is 58.9 Å². The number of thioether (sulfide) groups is 1. The summed E-state index contributed by atoms with van der Waals surface area (Å²) in [6.07, 6.45) is 8.44. The molecule has 1 aliphatic carbocycles. The van der Waals surface area contributed by atoms with Crippen LogP contribution in [0.15, 0.2) is 60.0 Å². The number of pyridine rings is 1. The van der Waals surface area contributed by atoms with E-state index >= 15 is 0 Å². The molecular weight excluding hydrogens is 483 g/mol. The third kappa shape index (κ3) is 6.98. The number of nitrogens with two attached hydrogens (primary N) is 1. The van der Waals surface area contributed by atoms with Crippen molar-refractivity contribution in [2.45, 2.75) is 18.1 Å². The van der Waals surface area contributed by atoms with Gasteiger partial charge in [0.15, 0.2) is 0 Å². The number of hydrogen-bond donors (Lipinski definition) is 3. The van der Waals surface area contributed by atoms with Gasteiger partial charge in [-0.05, 0) is 55.6 Å². The molecular formula is C23H24Cl2N4O3S. The van der Waals surface area contributed by atoms with Gasteiger partial charge < -0.3 is 21.1 Å². The summed E-state index contributed by atoms with van der Waals surface area (Å²) < 4.78 is 5.87. The number of nitrogens with one attached hydrogen (secondary N) is 2. The fourth-order valence-electron chi connectivity index (χ4n) is 3.07. The highest BCUT2D eigenvalue weighted by atomic mass is 35.5. The lowest BCUT2D eigenvalue weighted by molar-refractivity contribution is -0.112. The summed E-state index contributed by atoms with van der Waals surface area (Å²) in [6, 6.07) is 7.85. The molecule has 1 atom stereocenters. The minimum atomic E-state index is -0.474. The van der Waals surface area contributed by atoms with Gasteiger partial charge in [-0.25, -0.2) is 4.98 Å². The van der Waals surface area contributed by atoms with Crippen LogP contribution in [0.3, 0.4) is 0 Å². The summed E-state index contributed by atoms with van der Waals surface area (Å²) in [4.78, 5) is 30.1. The monoisotopic (exact) mass is 506 g/mol. The third-order valence-electron chi connectivity index (χ3n) is 4.78. The van der Waals surface area contributed by atoms with Crippen LogP contribution in [0.25, 0.3) is 0 Å². The Morgan fingerprint density at radius 3 is 2.67 bits per heavy atom. The van der Waals surface area contributed by atoms with Gasteiger partial charge in [-0.15, -0.1) is 0 Å². The second-order valence-corrected chi connectivity index (χ2v) is 9.07. The molecule has 3 rings (SSSR count). The minimum absolute atomic E-state index is 0.195. The molecule has 1 unspecified atom stereocenters. The number of amides is 2. The van der Waals surface area contributed by atoms with Crippen molar-refractivity contribution in [1.29, 1.82) is 0 Å². The van der Waals surface area contributed by atoms with Gasteiger partial charge in [-0.2, -0.15) is 11.8 Å². The maximum Gasteiger partial charge on any atom is 0.259 e. The highest BCUT2D eigenvalue weighted by Gasteiger charge is 2.23. The first-order chi connectivity index (χ1) is 15.9. The van der Waals surface area contributed by atoms with Crippen molar-refractivity contribution in [3.05, 3.63) is 75.6 Å². The number of aromatic nitrogens is 1. The predicted octanol–water partition coefficient (Wildman–Crippen LogP) is 4.89. The second-order valence-electron chi connectivity index (χ2n) is 7.12. The molecule has 2 amide bonds. The summed E-state index contributed by atoms with van der Waals surface area (Å²) in [6.45, 7) is 0.933. The number of halogens is 2. The lowest BCUT2D eigenvalue weighted by atomic mass is 10.0. The van der Waals surface area contributed by atoms with E-state index in [-0.39, 0.29) is 16.7 Å². The number of carbonyl (C=O) groups is 2. The van der Waals surface area contributed by atoms with Crippen molar-refractivity contribution in [3.8, 4) is 0 Å². The molecule has 33 heavy (non-hydrogen) atoms. The largest absolute Gasteiger partial charge is 0.497 e. The molecule has 0 bridgehead atoms. The standard InChI is InChI=1S/C23H24Cl2N4O3S/c1-33-16-5-6-17(20(12-16)32-10-2-9-26)22(30)28-19-7-3-14(24)11-18(19)23(31)29-21-8-4-15(25)13-27-21/h3-8,11,13,16H,2,9-10,12,26H2,1H3,(H,28,30)(H,27,29,31). The SMILES string of the molecule is CSC1C=CC(C(=O)Nc2ccc(Cl)cc2C(=O)Nc2ccc(Cl)cn2)=C(OCCCN)C1. The first-order valence-corrected chi connectivity index (χ1v) is 12.3. The number of allylic oxidation sites excluding steroid dienone is 1. The number of carbonyl (C=O) groups excluding carboxylic acids is 2. The average molecular weight is 507 g/mol. The molecule has 4 N–H and O–H groups in total. The lowest BCUT2D eigenvalue weighted by Crippen LogP contribution is -2.22. The Labute approximate surface area is 206 Å². The number of anilines is 2. The maximum atomic E-state index is 13.1. The summed E-state index contributed by atoms with van der Waals surface area (Å²) in [5.74, 6) is 0.0681. The Morgan fingerprint density at radius 2 is 1.97 bits per heavy atom. The van der Waals surface area contributed by atoms with Gasteiger partial charge in [0.2, 0.25) is 0 Å². The van der Waals surface area contributed by atoms with E-state index in [4.69, 9.17) is 33.7 Å². The molecule has 0 radical (unpaired) electrons. The highest BCUT2D eigenvalue weighted by Crippen LogP contribution is 2.29. The number of nitrogens with zero attached hydrogens (tertiary/aromatic N) is 1. The molecule has 0 fully saturated rings. The molecule has 1 aromatic heterocycles. The van der Waals surface area contributed by atoms with Gasteiger partial charge in [0.25, 0.3) is 11.8 Å². The Hall–Kier alpha value is -2.52. The molecule has 1 aromatic carbocycles. The van der Waals surface area contributed by atoms with Crippen LogP contribution in [0, 0.1) is 0 Å². The fraction of sp³-hybridized carbons (Fsp3) is 0.261. The third-order valence-corrected chi connectivity index (χ3v) is 6.17. The molecule has 1 heterocycles. The fourth-order valence-corrected chi connectivity index (χ4v) is 3.91. The molecule has 0 aliphatic heterocycles. The second kappa shape index (κ2) is 12.1. The first-order valence-electron chi connectivity index (χ1n) is 10.2. The van der Waals surface area contributed by atoms with Crippen molar-refractivity contribution < 1.29 is 14.3 Å². The molecule has 1 aliphatic rings. The van der Waals surface area contributed by atoms with E-state index in [1.54, 1.807) is 42.1 Å². The molecule has 0 saturated carbocycles. The molecule has 2 aromatic rings. The van der Waals surface area contributed by atoms with Crippen molar-refractivity contribution in [3.63, 3.8) is 0 Å². The molecule has 0 saturated heterocycles. The van der Waals surface area contributed by atoms with Crippen LogP contribution in [0.1, 0.15) is 23.2 Å². The number of hydrogen-bond acceptors (Lipinski definition) is 6. The Morgan fingerprint density at radius 1 is 1.18 bits per heavy atom. The maximum absolute atomic E-state index is 13.1. The van der Waals surface area contributed by atoms with E-state index in [1.807, 2.05) is 12.3 Å². The van der Waals surface area contributed by atoms with Gasteiger partial charge in [-0.3, -0.25) is 9.59 Å². The molecule has 0 spiro atoms. The van der Waals surface area contributed by atoms with Crippen LogP contribution in [0.5, 0.6) is 0 Å². The van der Waals surface area contributed by atoms with Crippen molar-refractivity contribution >= 4 is 58.3 Å². The van der Waals surface area contributed by atoms with Crippen molar-refractivity contribution in [2.75, 3.05) is 30.0 Å². The van der Waals surface area contributed by atoms with Crippen molar-refractivity contribution in [1.82, 2.24) is 4.98 Å². The predicted molar refractivity (Wildman–Crippen MR) is 135 cm³/mol. The lowest BCUT2D eigenvalue weighted by Gasteiger charge is -2.22. The van der Waals surface area contributed by atoms with Crippen LogP contribution >= 0.6 is 35.0 Å². The Kier molecular flexibility index (Phi) is 9.20. The van der Waals surface area contributed by atoms with Gasteiger partial charge in [0.05, 0.1) is 28.5 Å². The Bertz CT molecular complexity index is 1070. The summed E-state index contributed by atoms with van der Waals surface area (Å²) in [7, 11) is 0. The van der Waals surface area contributed by atoms with Gasteiger partial charge in [0, 0.05) is 22.9 Å². The summed E-state index contributed by atoms with van der Waals surface area (Å²) in [5.41, 5.74) is 6.48. The topological polar surface area (TPSA) is 106 Å². The number of rotatable bonds is 9. The zero-order chi connectivity index (χ0) is 23.8. The zero-order valence-corrected chi connectivity index (χ0v) is 20.3. The Balaban J connectivity index is 1.83. The van der Waals surface area contributed by atoms with E-state index in [2.05, 4.69) is 15.6 Å². The summed E-state index contributed by atoms with van der Waals surface area (Å²) >= 11 is 13.6. The first kappa shape index (κ1) is 25.1. The van der Waals surface area contributed by atoms with Crippen LogP contribution in [0.2, 0.25) is 10.0 Å². The molecule has 10 heteroatoms. The average Bonchev–Trinajstić information content (AvgIpc) is 2.81. The van der Waals surface area contributed by atoms with Crippen LogP contribution in [-0.2, 0) is 9.53 Å². The van der Waals surface area contributed by atoms with E-state index in [0.717, 1.165) is 0 Å². The number of ether oxygens (including phenoxy) is 1. The van der Waals surface area contributed by atoms with Crippen LogP contribution < -0.4 is 16.4 Å². The normalized spacial score (nSPS) is 15.3. The van der Waals surface area contributed by atoms with Gasteiger partial charge >= 0.3 is 0 Å². The van der Waals surface area contributed by atoms with Gasteiger partial charge in [-0.1, -0.05) is 29.3 Å². The van der Waals surface area contributed by atoms with Crippen LogP contribution in [-0.4, -0.2) is 41.5 Å². The zero-order valence-electron chi connectivity index (χ0n) is 17.9.